The summed E-state index contributed by atoms with van der Waals surface area (Å²) in [5, 5.41) is 9.99. The number of carbonyl (C=O) groups excluding carboxylic acids is 1. The summed E-state index contributed by atoms with van der Waals surface area (Å²) in [6, 6.07) is 12.1. The topological polar surface area (TPSA) is 120 Å². The average molecular weight is 337 g/mol. The molecule has 0 aliphatic carbocycles. The second-order valence-electron chi connectivity index (χ2n) is 4.41. The third kappa shape index (κ3) is 5.49. The highest BCUT2D eigenvalue weighted by Gasteiger charge is 2.06. The van der Waals surface area contributed by atoms with Crippen LogP contribution in [0.15, 0.2) is 48.5 Å². The number of methoxy groups -OCH3 is 1. The van der Waals surface area contributed by atoms with Gasteiger partial charge in [-0.2, -0.15) is 13.6 Å². The summed E-state index contributed by atoms with van der Waals surface area (Å²) in [5.74, 6) is 0.665. The van der Waals surface area contributed by atoms with E-state index in [9.17, 15) is 13.2 Å². The highest BCUT2D eigenvalue weighted by Crippen LogP contribution is 2.19. The first-order valence-corrected chi connectivity index (χ1v) is 7.87. The highest BCUT2D eigenvalue weighted by atomic mass is 32.2. The lowest BCUT2D eigenvalue weighted by Gasteiger charge is -2.09. The van der Waals surface area contributed by atoms with Crippen molar-refractivity contribution in [2.75, 3.05) is 17.7 Å². The van der Waals surface area contributed by atoms with Crippen molar-refractivity contribution < 1.29 is 22.1 Å². The molecule has 0 aliphatic heterocycles. The van der Waals surface area contributed by atoms with Crippen molar-refractivity contribution in [1.82, 2.24) is 0 Å². The molecule has 0 saturated heterocycles. The van der Waals surface area contributed by atoms with Crippen molar-refractivity contribution in [1.29, 1.82) is 0 Å². The fourth-order valence-corrected chi connectivity index (χ4v) is 2.10. The Balaban J connectivity index is 1.97. The number of nitrogens with one attached hydrogen (secondary N) is 2. The number of anilines is 2. The van der Waals surface area contributed by atoms with E-state index in [-0.39, 0.29) is 5.75 Å². The van der Waals surface area contributed by atoms with Gasteiger partial charge in [-0.1, -0.05) is 6.07 Å². The van der Waals surface area contributed by atoms with E-state index in [0.29, 0.717) is 17.1 Å². The molecular formula is C14H15N3O5S. The number of hydrogen-bond acceptors (Lipinski definition) is 5. The molecule has 2 rings (SSSR count). The van der Waals surface area contributed by atoms with Crippen LogP contribution >= 0.6 is 0 Å². The Kier molecular flexibility index (Phi) is 5.04. The number of carbonyl (C=O) groups is 1. The molecule has 2 aromatic rings. The van der Waals surface area contributed by atoms with Crippen molar-refractivity contribution >= 4 is 27.7 Å². The van der Waals surface area contributed by atoms with E-state index in [1.165, 1.54) is 31.4 Å². The van der Waals surface area contributed by atoms with Crippen LogP contribution in [0.5, 0.6) is 11.5 Å². The predicted octanol–water partition coefficient (Wildman–Crippen LogP) is 1.92. The normalized spacial score (nSPS) is 10.7. The van der Waals surface area contributed by atoms with E-state index in [1.54, 1.807) is 24.3 Å². The van der Waals surface area contributed by atoms with Crippen LogP contribution in [0.3, 0.4) is 0 Å². The smallest absolute Gasteiger partial charge is 0.380 e. The van der Waals surface area contributed by atoms with Crippen LogP contribution in [0, 0.1) is 0 Å². The number of benzene rings is 2. The Hall–Kier alpha value is -2.78. The molecule has 0 radical (unpaired) electrons. The number of rotatable bonds is 5. The average Bonchev–Trinajstić information content (AvgIpc) is 2.48. The zero-order chi connectivity index (χ0) is 16.9. The molecule has 0 bridgehead atoms. The van der Waals surface area contributed by atoms with Crippen LogP contribution in [-0.4, -0.2) is 21.6 Å². The van der Waals surface area contributed by atoms with Crippen LogP contribution in [-0.2, 0) is 10.3 Å². The summed E-state index contributed by atoms with van der Waals surface area (Å²) in [7, 11) is -2.54. The van der Waals surface area contributed by atoms with Gasteiger partial charge in [-0.25, -0.2) is 4.79 Å². The van der Waals surface area contributed by atoms with Gasteiger partial charge in [0.25, 0.3) is 0 Å². The molecule has 0 spiro atoms. The summed E-state index contributed by atoms with van der Waals surface area (Å²) in [6.45, 7) is 0. The molecule has 0 saturated carbocycles. The van der Waals surface area contributed by atoms with Gasteiger partial charge in [-0.3, -0.25) is 0 Å². The number of nitrogens with two attached hydrogens (primary N) is 1. The van der Waals surface area contributed by atoms with Crippen molar-refractivity contribution in [2.45, 2.75) is 0 Å². The standard InChI is InChI=1S/C14H15N3O5S/c1-21-13-4-2-3-11(9-13)17-14(18)16-10-5-7-12(8-6-10)22-23(15,19)20/h2-9H,1H3,(H2,15,19,20)(H2,16,17,18). The summed E-state index contributed by atoms with van der Waals surface area (Å²) >= 11 is 0. The molecule has 0 aliphatic rings. The molecule has 4 N–H and O–H groups in total. The summed E-state index contributed by atoms with van der Waals surface area (Å²) in [4.78, 5) is 11.9. The van der Waals surface area contributed by atoms with Gasteiger partial charge < -0.3 is 19.6 Å². The Morgan fingerprint density at radius 3 is 2.26 bits per heavy atom. The first-order valence-electron chi connectivity index (χ1n) is 6.40. The first-order chi connectivity index (χ1) is 10.9. The maximum Gasteiger partial charge on any atom is 0.380 e. The minimum Gasteiger partial charge on any atom is -0.497 e. The Morgan fingerprint density at radius 2 is 1.65 bits per heavy atom. The minimum atomic E-state index is -4.07. The number of hydrogen-bond donors (Lipinski definition) is 3. The quantitative estimate of drug-likeness (QED) is 0.770. The first kappa shape index (κ1) is 16.6. The van der Waals surface area contributed by atoms with Crippen molar-refractivity contribution in [3.05, 3.63) is 48.5 Å². The van der Waals surface area contributed by atoms with E-state index < -0.39 is 16.3 Å². The minimum absolute atomic E-state index is 0.0475. The predicted molar refractivity (Wildman–Crippen MR) is 85.8 cm³/mol. The van der Waals surface area contributed by atoms with Gasteiger partial charge in [0.05, 0.1) is 7.11 Å². The second-order valence-corrected chi connectivity index (χ2v) is 5.56. The molecule has 0 heterocycles. The number of amides is 2. The Morgan fingerprint density at radius 1 is 1.00 bits per heavy atom. The van der Waals surface area contributed by atoms with Crippen molar-refractivity contribution in [3.8, 4) is 11.5 Å². The lowest BCUT2D eigenvalue weighted by Crippen LogP contribution is -2.20. The second kappa shape index (κ2) is 6.99. The van der Waals surface area contributed by atoms with Gasteiger partial charge in [0, 0.05) is 17.4 Å². The van der Waals surface area contributed by atoms with Crippen LogP contribution in [0.25, 0.3) is 0 Å². The SMILES string of the molecule is COc1cccc(NC(=O)Nc2ccc(OS(N)(=O)=O)cc2)c1. The molecule has 122 valence electrons. The Labute approximate surface area is 133 Å². The molecular weight excluding hydrogens is 322 g/mol. The highest BCUT2D eigenvalue weighted by molar-refractivity contribution is 7.84. The summed E-state index contributed by atoms with van der Waals surface area (Å²) in [5.41, 5.74) is 1.02. The molecule has 2 amide bonds. The molecule has 0 fully saturated rings. The molecule has 8 nitrogen and oxygen atoms in total. The van der Waals surface area contributed by atoms with Gasteiger partial charge >= 0.3 is 16.3 Å². The van der Waals surface area contributed by atoms with Crippen LogP contribution in [0.2, 0.25) is 0 Å². The largest absolute Gasteiger partial charge is 0.497 e. The number of urea groups is 1. The van der Waals surface area contributed by atoms with Gasteiger partial charge in [-0.05, 0) is 36.4 Å². The van der Waals surface area contributed by atoms with Gasteiger partial charge in [0.15, 0.2) is 0 Å². The van der Waals surface area contributed by atoms with Crippen LogP contribution in [0.1, 0.15) is 0 Å². The molecule has 23 heavy (non-hydrogen) atoms. The molecule has 0 atom stereocenters. The summed E-state index contributed by atoms with van der Waals surface area (Å²) < 4.78 is 31.1. The van der Waals surface area contributed by atoms with E-state index in [2.05, 4.69) is 14.8 Å². The van der Waals surface area contributed by atoms with Gasteiger partial charge in [0.2, 0.25) is 0 Å². The molecule has 0 aromatic heterocycles. The molecule has 9 heteroatoms. The summed E-state index contributed by atoms with van der Waals surface area (Å²) in [6.07, 6.45) is 0. The Bertz CT molecular complexity index is 790. The van der Waals surface area contributed by atoms with Gasteiger partial charge in [0.1, 0.15) is 11.5 Å². The molecule has 0 unspecified atom stereocenters. The lowest BCUT2D eigenvalue weighted by atomic mass is 10.3. The fourth-order valence-electron chi connectivity index (χ4n) is 1.72. The van der Waals surface area contributed by atoms with Crippen molar-refractivity contribution in [2.24, 2.45) is 5.14 Å². The molecule has 2 aromatic carbocycles. The lowest BCUT2D eigenvalue weighted by molar-refractivity contribution is 0.262. The zero-order valence-electron chi connectivity index (χ0n) is 12.1. The maximum absolute atomic E-state index is 11.9. The van der Waals surface area contributed by atoms with Crippen LogP contribution < -0.4 is 24.7 Å². The van der Waals surface area contributed by atoms with E-state index in [4.69, 9.17) is 9.88 Å². The van der Waals surface area contributed by atoms with E-state index in [0.717, 1.165) is 0 Å². The zero-order valence-corrected chi connectivity index (χ0v) is 13.0. The monoisotopic (exact) mass is 337 g/mol. The van der Waals surface area contributed by atoms with Crippen LogP contribution in [0.4, 0.5) is 16.2 Å². The number of ether oxygens (including phenoxy) is 1. The third-order valence-electron chi connectivity index (χ3n) is 2.65. The maximum atomic E-state index is 11.9. The van der Waals surface area contributed by atoms with E-state index >= 15 is 0 Å². The van der Waals surface area contributed by atoms with E-state index in [1.807, 2.05) is 0 Å². The third-order valence-corrected chi connectivity index (χ3v) is 3.08. The fraction of sp³-hybridized carbons (Fsp3) is 0.0714. The van der Waals surface area contributed by atoms with Crippen molar-refractivity contribution in [3.63, 3.8) is 0 Å². The van der Waals surface area contributed by atoms with Gasteiger partial charge in [-0.15, -0.1) is 0 Å².